The number of ether oxygens (including phenoxy) is 3. The van der Waals surface area contributed by atoms with Crippen LogP contribution in [0.4, 0.5) is 0 Å². The Balaban J connectivity index is 2.10. The predicted octanol–water partition coefficient (Wildman–Crippen LogP) is 0.287. The lowest BCUT2D eigenvalue weighted by molar-refractivity contribution is -0.140. The zero-order valence-corrected chi connectivity index (χ0v) is 10.9. The number of rotatable bonds is 5. The smallest absolute Gasteiger partial charge is 0.328 e. The number of nitrogens with one attached hydrogen (secondary N) is 1. The number of carboxylic acids is 1. The SMILES string of the molecule is COCC(NC(=O)c1ccc2c(c1)OCCO2)C(=O)O. The summed E-state index contributed by atoms with van der Waals surface area (Å²) in [5, 5.41) is 11.3. The second-order valence-electron chi connectivity index (χ2n) is 4.18. The minimum atomic E-state index is -1.15. The average molecular weight is 281 g/mol. The average Bonchev–Trinajstić information content (AvgIpc) is 2.46. The number of aliphatic carboxylic acids is 1. The first kappa shape index (κ1) is 14.1. The molecule has 1 amide bonds. The summed E-state index contributed by atoms with van der Waals surface area (Å²) < 4.78 is 15.5. The molecule has 1 heterocycles. The van der Waals surface area contributed by atoms with Crippen LogP contribution in [-0.2, 0) is 9.53 Å². The fraction of sp³-hybridized carbons (Fsp3) is 0.385. The van der Waals surface area contributed by atoms with Gasteiger partial charge in [0.15, 0.2) is 17.5 Å². The highest BCUT2D eigenvalue weighted by molar-refractivity contribution is 5.97. The third-order valence-corrected chi connectivity index (χ3v) is 2.74. The summed E-state index contributed by atoms with van der Waals surface area (Å²) in [5.41, 5.74) is 0.302. The van der Waals surface area contributed by atoms with Gasteiger partial charge in [-0.05, 0) is 18.2 Å². The zero-order valence-electron chi connectivity index (χ0n) is 10.9. The molecule has 7 heteroatoms. The van der Waals surface area contributed by atoms with Gasteiger partial charge in [-0.15, -0.1) is 0 Å². The third-order valence-electron chi connectivity index (χ3n) is 2.74. The molecular weight excluding hydrogens is 266 g/mol. The zero-order chi connectivity index (χ0) is 14.5. The van der Waals surface area contributed by atoms with E-state index in [0.717, 1.165) is 0 Å². The van der Waals surface area contributed by atoms with Gasteiger partial charge in [-0.3, -0.25) is 4.79 Å². The van der Waals surface area contributed by atoms with Crippen LogP contribution >= 0.6 is 0 Å². The van der Waals surface area contributed by atoms with Crippen LogP contribution < -0.4 is 14.8 Å². The van der Waals surface area contributed by atoms with Crippen LogP contribution in [0.1, 0.15) is 10.4 Å². The lowest BCUT2D eigenvalue weighted by Gasteiger charge is -2.19. The fourth-order valence-electron chi connectivity index (χ4n) is 1.77. The van der Waals surface area contributed by atoms with Crippen LogP contribution in [0.3, 0.4) is 0 Å². The summed E-state index contributed by atoms with van der Waals surface area (Å²) in [6, 6.07) is 3.60. The summed E-state index contributed by atoms with van der Waals surface area (Å²) in [5.74, 6) is -0.619. The molecule has 1 unspecified atom stereocenters. The molecule has 1 aromatic carbocycles. The predicted molar refractivity (Wildman–Crippen MR) is 68.2 cm³/mol. The quantitative estimate of drug-likeness (QED) is 0.805. The Morgan fingerprint density at radius 1 is 1.35 bits per heavy atom. The Labute approximate surface area is 115 Å². The van der Waals surface area contributed by atoms with Crippen molar-refractivity contribution < 1.29 is 28.9 Å². The number of carbonyl (C=O) groups is 2. The van der Waals surface area contributed by atoms with Gasteiger partial charge in [-0.25, -0.2) is 4.79 Å². The number of carbonyl (C=O) groups excluding carboxylic acids is 1. The number of amides is 1. The topological polar surface area (TPSA) is 94.1 Å². The third kappa shape index (κ3) is 3.18. The summed E-state index contributed by atoms with van der Waals surface area (Å²) >= 11 is 0. The molecule has 20 heavy (non-hydrogen) atoms. The lowest BCUT2D eigenvalue weighted by Crippen LogP contribution is -2.43. The molecule has 1 aliphatic rings. The van der Waals surface area contributed by atoms with Gasteiger partial charge in [0.05, 0.1) is 6.61 Å². The highest BCUT2D eigenvalue weighted by atomic mass is 16.6. The first-order chi connectivity index (χ1) is 9.61. The number of hydrogen-bond acceptors (Lipinski definition) is 5. The van der Waals surface area contributed by atoms with E-state index in [1.165, 1.54) is 13.2 Å². The van der Waals surface area contributed by atoms with E-state index in [1.54, 1.807) is 12.1 Å². The highest BCUT2D eigenvalue weighted by Gasteiger charge is 2.21. The van der Waals surface area contributed by atoms with Gasteiger partial charge in [0.2, 0.25) is 0 Å². The molecular formula is C13H15NO6. The molecule has 2 rings (SSSR count). The summed E-state index contributed by atoms with van der Waals surface area (Å²) in [7, 11) is 1.37. The number of carboxylic acid groups (broad SMARTS) is 1. The van der Waals surface area contributed by atoms with Crippen molar-refractivity contribution in [1.82, 2.24) is 5.32 Å². The van der Waals surface area contributed by atoms with Crippen LogP contribution in [-0.4, -0.2) is 50.0 Å². The number of benzene rings is 1. The van der Waals surface area contributed by atoms with Gasteiger partial charge in [0.25, 0.3) is 5.91 Å². The van der Waals surface area contributed by atoms with Crippen molar-refractivity contribution in [3.63, 3.8) is 0 Å². The van der Waals surface area contributed by atoms with Crippen LogP contribution in [0, 0.1) is 0 Å². The molecule has 0 radical (unpaired) electrons. The number of fused-ring (bicyclic) bond motifs is 1. The van der Waals surface area contributed by atoms with E-state index in [-0.39, 0.29) is 6.61 Å². The molecule has 1 aliphatic heterocycles. The van der Waals surface area contributed by atoms with Crippen molar-refractivity contribution >= 4 is 11.9 Å². The van der Waals surface area contributed by atoms with Gasteiger partial charge in [0, 0.05) is 12.7 Å². The van der Waals surface area contributed by atoms with Gasteiger partial charge < -0.3 is 24.6 Å². The second kappa shape index (κ2) is 6.25. The maximum absolute atomic E-state index is 12.0. The summed E-state index contributed by atoms with van der Waals surface area (Å²) in [4.78, 5) is 22.9. The van der Waals surface area contributed by atoms with Gasteiger partial charge in [0.1, 0.15) is 13.2 Å². The van der Waals surface area contributed by atoms with Crippen molar-refractivity contribution in [3.8, 4) is 11.5 Å². The molecule has 108 valence electrons. The van der Waals surface area contributed by atoms with E-state index in [4.69, 9.17) is 19.3 Å². The van der Waals surface area contributed by atoms with Crippen molar-refractivity contribution in [2.75, 3.05) is 26.9 Å². The Morgan fingerprint density at radius 3 is 2.70 bits per heavy atom. The molecule has 0 aromatic heterocycles. The van der Waals surface area contributed by atoms with E-state index in [2.05, 4.69) is 5.32 Å². The van der Waals surface area contributed by atoms with E-state index in [0.29, 0.717) is 30.3 Å². The Bertz CT molecular complexity index is 516. The van der Waals surface area contributed by atoms with Crippen LogP contribution in [0.25, 0.3) is 0 Å². The molecule has 7 nitrogen and oxygen atoms in total. The molecule has 2 N–H and O–H groups in total. The van der Waals surface area contributed by atoms with Crippen molar-refractivity contribution in [2.45, 2.75) is 6.04 Å². The van der Waals surface area contributed by atoms with E-state index < -0.39 is 17.9 Å². The first-order valence-electron chi connectivity index (χ1n) is 6.04. The minimum absolute atomic E-state index is 0.106. The number of hydrogen-bond donors (Lipinski definition) is 2. The van der Waals surface area contributed by atoms with Crippen molar-refractivity contribution in [2.24, 2.45) is 0 Å². The van der Waals surface area contributed by atoms with E-state index in [1.807, 2.05) is 0 Å². The molecule has 0 saturated carbocycles. The van der Waals surface area contributed by atoms with Crippen LogP contribution in [0.5, 0.6) is 11.5 Å². The van der Waals surface area contributed by atoms with Gasteiger partial charge >= 0.3 is 5.97 Å². The largest absolute Gasteiger partial charge is 0.486 e. The van der Waals surface area contributed by atoms with Gasteiger partial charge in [-0.2, -0.15) is 0 Å². The molecule has 0 aliphatic carbocycles. The fourth-order valence-corrected chi connectivity index (χ4v) is 1.77. The molecule has 1 aromatic rings. The van der Waals surface area contributed by atoms with Gasteiger partial charge in [-0.1, -0.05) is 0 Å². The Morgan fingerprint density at radius 2 is 2.05 bits per heavy atom. The molecule has 1 atom stereocenters. The minimum Gasteiger partial charge on any atom is -0.486 e. The van der Waals surface area contributed by atoms with E-state index >= 15 is 0 Å². The standard InChI is InChI=1S/C13H15NO6/c1-18-7-9(13(16)17)14-12(15)8-2-3-10-11(6-8)20-5-4-19-10/h2-3,6,9H,4-5,7H2,1H3,(H,14,15)(H,16,17). The summed E-state index contributed by atoms with van der Waals surface area (Å²) in [6.07, 6.45) is 0. The Hall–Kier alpha value is -2.28. The first-order valence-corrected chi connectivity index (χ1v) is 6.04. The second-order valence-corrected chi connectivity index (χ2v) is 4.18. The summed E-state index contributed by atoms with van der Waals surface area (Å²) in [6.45, 7) is 0.776. The maximum atomic E-state index is 12.0. The highest BCUT2D eigenvalue weighted by Crippen LogP contribution is 2.30. The maximum Gasteiger partial charge on any atom is 0.328 e. The van der Waals surface area contributed by atoms with Crippen LogP contribution in [0.15, 0.2) is 18.2 Å². The van der Waals surface area contributed by atoms with Crippen LogP contribution in [0.2, 0.25) is 0 Å². The molecule has 0 spiro atoms. The normalized spacial score (nSPS) is 14.4. The lowest BCUT2D eigenvalue weighted by atomic mass is 10.1. The molecule has 0 fully saturated rings. The molecule has 0 bridgehead atoms. The monoisotopic (exact) mass is 281 g/mol. The van der Waals surface area contributed by atoms with Crippen molar-refractivity contribution in [3.05, 3.63) is 23.8 Å². The number of methoxy groups -OCH3 is 1. The van der Waals surface area contributed by atoms with E-state index in [9.17, 15) is 9.59 Å². The molecule has 0 saturated heterocycles. The van der Waals surface area contributed by atoms with Crippen molar-refractivity contribution in [1.29, 1.82) is 0 Å². The Kier molecular flexibility index (Phi) is 4.41.